The Balaban J connectivity index is 1.39. The standard InChI is InChI=1S/C23H22F3N5O2/c24-23(25,26)18-6-7-20(31-15-27-14-28-31)19(12-18)29-21(32)13-30-10-8-17(9-11-30)22(33)16-4-2-1-3-5-16/h1-7,12,14-15,17H,8-11,13H2,(H,29,32). The maximum Gasteiger partial charge on any atom is 0.416 e. The van der Waals surface area contributed by atoms with Crippen molar-refractivity contribution in [2.75, 3.05) is 25.0 Å². The lowest BCUT2D eigenvalue weighted by atomic mass is 9.89. The molecule has 7 nitrogen and oxygen atoms in total. The number of ketones is 1. The predicted octanol–water partition coefficient (Wildman–Crippen LogP) is 3.82. The van der Waals surface area contributed by atoms with E-state index in [9.17, 15) is 22.8 Å². The van der Waals surface area contributed by atoms with Crippen molar-refractivity contribution in [3.8, 4) is 5.69 Å². The topological polar surface area (TPSA) is 80.1 Å². The van der Waals surface area contributed by atoms with Gasteiger partial charge in [-0.1, -0.05) is 30.3 Å². The highest BCUT2D eigenvalue weighted by Crippen LogP contribution is 2.33. The third kappa shape index (κ3) is 5.46. The van der Waals surface area contributed by atoms with Crippen LogP contribution < -0.4 is 5.32 Å². The summed E-state index contributed by atoms with van der Waals surface area (Å²) in [7, 11) is 0. The third-order valence-electron chi connectivity index (χ3n) is 5.65. The van der Waals surface area contributed by atoms with E-state index >= 15 is 0 Å². The van der Waals surface area contributed by atoms with Crippen molar-refractivity contribution in [3.05, 3.63) is 72.3 Å². The quantitative estimate of drug-likeness (QED) is 0.570. The summed E-state index contributed by atoms with van der Waals surface area (Å²) in [5.41, 5.74) is 0.0799. The van der Waals surface area contributed by atoms with E-state index in [2.05, 4.69) is 15.4 Å². The lowest BCUT2D eigenvalue weighted by molar-refractivity contribution is -0.137. The van der Waals surface area contributed by atoms with Crippen molar-refractivity contribution >= 4 is 17.4 Å². The van der Waals surface area contributed by atoms with Crippen molar-refractivity contribution in [1.29, 1.82) is 0 Å². The summed E-state index contributed by atoms with van der Waals surface area (Å²) in [5, 5.41) is 6.52. The van der Waals surface area contributed by atoms with Crippen LogP contribution in [0.1, 0.15) is 28.8 Å². The van der Waals surface area contributed by atoms with E-state index in [0.717, 1.165) is 12.1 Å². The first-order chi connectivity index (χ1) is 15.8. The molecule has 2 aromatic carbocycles. The summed E-state index contributed by atoms with van der Waals surface area (Å²) >= 11 is 0. The molecule has 1 fully saturated rings. The summed E-state index contributed by atoms with van der Waals surface area (Å²) in [4.78, 5) is 31.0. The molecule has 0 saturated carbocycles. The minimum atomic E-state index is -4.55. The van der Waals surface area contributed by atoms with Crippen molar-refractivity contribution in [2.24, 2.45) is 5.92 Å². The van der Waals surface area contributed by atoms with Gasteiger partial charge in [0.25, 0.3) is 0 Å². The van der Waals surface area contributed by atoms with Crippen LogP contribution in [0.5, 0.6) is 0 Å². The minimum absolute atomic E-state index is 0.00512. The lowest BCUT2D eigenvalue weighted by Crippen LogP contribution is -2.40. The van der Waals surface area contributed by atoms with Gasteiger partial charge in [-0.2, -0.15) is 18.3 Å². The van der Waals surface area contributed by atoms with Gasteiger partial charge in [0, 0.05) is 11.5 Å². The normalized spacial score (nSPS) is 15.4. The second-order valence-corrected chi connectivity index (χ2v) is 7.90. The minimum Gasteiger partial charge on any atom is -0.323 e. The smallest absolute Gasteiger partial charge is 0.323 e. The number of Topliss-reactive ketones (excluding diaryl/α,β-unsaturated/α-hetero) is 1. The highest BCUT2D eigenvalue weighted by Gasteiger charge is 2.32. The van der Waals surface area contributed by atoms with Gasteiger partial charge in [-0.25, -0.2) is 9.67 Å². The predicted molar refractivity (Wildman–Crippen MR) is 115 cm³/mol. The fourth-order valence-corrected chi connectivity index (χ4v) is 3.93. The van der Waals surface area contributed by atoms with Crippen LogP contribution >= 0.6 is 0 Å². The number of halogens is 3. The maximum absolute atomic E-state index is 13.2. The van der Waals surface area contributed by atoms with E-state index in [0.29, 0.717) is 31.5 Å². The number of likely N-dealkylation sites (tertiary alicyclic amines) is 1. The Kier molecular flexibility index (Phi) is 6.55. The molecule has 1 aliphatic heterocycles. The molecule has 0 bridgehead atoms. The van der Waals surface area contributed by atoms with E-state index < -0.39 is 17.6 Å². The number of nitrogens with zero attached hydrogens (tertiary/aromatic N) is 4. The zero-order chi connectivity index (χ0) is 23.4. The molecule has 1 aliphatic rings. The van der Waals surface area contributed by atoms with E-state index in [-0.39, 0.29) is 29.6 Å². The largest absolute Gasteiger partial charge is 0.416 e. The summed E-state index contributed by atoms with van der Waals surface area (Å²) in [5.74, 6) is -0.446. The third-order valence-corrected chi connectivity index (χ3v) is 5.65. The monoisotopic (exact) mass is 457 g/mol. The number of piperidine rings is 1. The molecular formula is C23H22F3N5O2. The van der Waals surface area contributed by atoms with E-state index in [1.54, 1.807) is 12.1 Å². The molecule has 3 aromatic rings. The molecule has 172 valence electrons. The highest BCUT2D eigenvalue weighted by molar-refractivity contribution is 5.98. The van der Waals surface area contributed by atoms with E-state index in [4.69, 9.17) is 0 Å². The van der Waals surface area contributed by atoms with Gasteiger partial charge in [-0.05, 0) is 44.1 Å². The molecule has 33 heavy (non-hydrogen) atoms. The Morgan fingerprint density at radius 1 is 1.06 bits per heavy atom. The van der Waals surface area contributed by atoms with Crippen LogP contribution in [0.25, 0.3) is 5.69 Å². The molecule has 4 rings (SSSR count). The van der Waals surface area contributed by atoms with Crippen molar-refractivity contribution in [1.82, 2.24) is 19.7 Å². The molecule has 0 aliphatic carbocycles. The Morgan fingerprint density at radius 2 is 1.79 bits per heavy atom. The molecular weight excluding hydrogens is 435 g/mol. The first-order valence-electron chi connectivity index (χ1n) is 10.5. The molecule has 0 spiro atoms. The van der Waals surface area contributed by atoms with E-state index in [1.807, 2.05) is 23.1 Å². The van der Waals surface area contributed by atoms with Crippen LogP contribution in [0.4, 0.5) is 18.9 Å². The van der Waals surface area contributed by atoms with Gasteiger partial charge in [0.1, 0.15) is 12.7 Å². The fraction of sp³-hybridized carbons (Fsp3) is 0.304. The lowest BCUT2D eigenvalue weighted by Gasteiger charge is -2.30. The number of hydrogen-bond acceptors (Lipinski definition) is 5. The highest BCUT2D eigenvalue weighted by atomic mass is 19.4. The zero-order valence-corrected chi connectivity index (χ0v) is 17.6. The number of carbonyl (C=O) groups excluding carboxylic acids is 2. The number of aromatic nitrogens is 3. The van der Waals surface area contributed by atoms with Gasteiger partial charge >= 0.3 is 6.18 Å². The first kappa shape index (κ1) is 22.7. The van der Waals surface area contributed by atoms with Crippen LogP contribution in [-0.2, 0) is 11.0 Å². The SMILES string of the molecule is O=C(CN1CCC(C(=O)c2ccccc2)CC1)Nc1cc(C(F)(F)F)ccc1-n1cncn1. The number of rotatable bonds is 6. The number of carbonyl (C=O) groups is 2. The Labute approximate surface area is 188 Å². The van der Waals surface area contributed by atoms with Crippen LogP contribution in [0.15, 0.2) is 61.2 Å². The fourth-order valence-electron chi connectivity index (χ4n) is 3.93. The van der Waals surface area contributed by atoms with Crippen LogP contribution in [-0.4, -0.2) is 51.0 Å². The number of amides is 1. The van der Waals surface area contributed by atoms with Crippen LogP contribution in [0, 0.1) is 5.92 Å². The molecule has 10 heteroatoms. The molecule has 1 saturated heterocycles. The Hall–Kier alpha value is -3.53. The summed E-state index contributed by atoms with van der Waals surface area (Å²) in [6.45, 7) is 1.11. The Bertz CT molecular complexity index is 1110. The van der Waals surface area contributed by atoms with Crippen molar-refractivity contribution in [3.63, 3.8) is 0 Å². The second-order valence-electron chi connectivity index (χ2n) is 7.90. The average Bonchev–Trinajstić information content (AvgIpc) is 3.34. The number of alkyl halides is 3. The molecule has 1 N–H and O–H groups in total. The molecule has 2 heterocycles. The average molecular weight is 457 g/mol. The molecule has 0 unspecified atom stereocenters. The van der Waals surface area contributed by atoms with Crippen molar-refractivity contribution in [2.45, 2.75) is 19.0 Å². The zero-order valence-electron chi connectivity index (χ0n) is 17.6. The molecule has 0 radical (unpaired) electrons. The van der Waals surface area contributed by atoms with Gasteiger partial charge in [0.2, 0.25) is 5.91 Å². The molecule has 1 amide bonds. The second kappa shape index (κ2) is 9.53. The van der Waals surface area contributed by atoms with Gasteiger partial charge in [-0.15, -0.1) is 0 Å². The van der Waals surface area contributed by atoms with Gasteiger partial charge < -0.3 is 5.32 Å². The number of benzene rings is 2. The van der Waals surface area contributed by atoms with Gasteiger partial charge in [0.05, 0.1) is 23.5 Å². The first-order valence-corrected chi connectivity index (χ1v) is 10.5. The van der Waals surface area contributed by atoms with Crippen LogP contribution in [0.3, 0.4) is 0 Å². The summed E-state index contributed by atoms with van der Waals surface area (Å²) in [6.07, 6.45) is -0.714. The molecule has 1 aromatic heterocycles. The van der Waals surface area contributed by atoms with E-state index in [1.165, 1.54) is 23.4 Å². The van der Waals surface area contributed by atoms with Gasteiger partial charge in [0.15, 0.2) is 5.78 Å². The summed E-state index contributed by atoms with van der Waals surface area (Å²) in [6, 6.07) is 12.2. The van der Waals surface area contributed by atoms with Gasteiger partial charge in [-0.3, -0.25) is 14.5 Å². The Morgan fingerprint density at radius 3 is 2.42 bits per heavy atom. The van der Waals surface area contributed by atoms with Crippen LogP contribution in [0.2, 0.25) is 0 Å². The maximum atomic E-state index is 13.2. The molecule has 0 atom stereocenters. The summed E-state index contributed by atoms with van der Waals surface area (Å²) < 4.78 is 40.9. The number of hydrogen-bond donors (Lipinski definition) is 1. The number of nitrogens with one attached hydrogen (secondary N) is 1. The number of anilines is 1. The van der Waals surface area contributed by atoms with Crippen molar-refractivity contribution < 1.29 is 22.8 Å².